The SMILES string of the molecule is N#Cc1cnn2c1ncc1c(/C=C/Nc3ccccc3)nccc12. The molecular weight excluding hydrogens is 300 g/mol. The third-order valence-corrected chi connectivity index (χ3v) is 3.67. The largest absolute Gasteiger partial charge is 0.362 e. The molecule has 0 bridgehead atoms. The molecule has 0 radical (unpaired) electrons. The molecule has 0 spiro atoms. The summed E-state index contributed by atoms with van der Waals surface area (Å²) in [6.07, 6.45) is 8.69. The first kappa shape index (κ1) is 13.9. The van der Waals surface area contributed by atoms with Crippen LogP contribution in [0, 0.1) is 11.3 Å². The van der Waals surface area contributed by atoms with Gasteiger partial charge in [-0.1, -0.05) is 18.2 Å². The molecule has 0 unspecified atom stereocenters. The van der Waals surface area contributed by atoms with Crippen molar-refractivity contribution >= 4 is 28.3 Å². The van der Waals surface area contributed by atoms with Gasteiger partial charge in [-0.3, -0.25) is 4.98 Å². The topological polar surface area (TPSA) is 78.9 Å². The fourth-order valence-electron chi connectivity index (χ4n) is 2.53. The summed E-state index contributed by atoms with van der Waals surface area (Å²) in [4.78, 5) is 8.75. The van der Waals surface area contributed by atoms with Crippen LogP contribution in [0.15, 0.2) is 61.2 Å². The average Bonchev–Trinajstić information content (AvgIpc) is 3.06. The number of rotatable bonds is 3. The van der Waals surface area contributed by atoms with Crippen molar-refractivity contribution in [3.8, 4) is 6.07 Å². The van der Waals surface area contributed by atoms with Gasteiger partial charge in [0, 0.05) is 29.7 Å². The van der Waals surface area contributed by atoms with Crippen LogP contribution >= 0.6 is 0 Å². The Morgan fingerprint density at radius 1 is 1.08 bits per heavy atom. The molecule has 6 heteroatoms. The van der Waals surface area contributed by atoms with Crippen molar-refractivity contribution in [2.24, 2.45) is 0 Å². The fraction of sp³-hybridized carbons (Fsp3) is 0. The van der Waals surface area contributed by atoms with E-state index in [4.69, 9.17) is 5.26 Å². The Bertz CT molecular complexity index is 1090. The Kier molecular flexibility index (Phi) is 3.37. The highest BCUT2D eigenvalue weighted by Gasteiger charge is 2.09. The van der Waals surface area contributed by atoms with Gasteiger partial charge in [0.2, 0.25) is 0 Å². The van der Waals surface area contributed by atoms with Crippen molar-refractivity contribution < 1.29 is 0 Å². The van der Waals surface area contributed by atoms with E-state index in [1.165, 1.54) is 6.20 Å². The van der Waals surface area contributed by atoms with Crippen LogP contribution in [0.3, 0.4) is 0 Å². The lowest BCUT2D eigenvalue weighted by Crippen LogP contribution is -1.96. The number of hydrogen-bond acceptors (Lipinski definition) is 5. The van der Waals surface area contributed by atoms with Crippen LogP contribution < -0.4 is 5.32 Å². The highest BCUT2D eigenvalue weighted by molar-refractivity contribution is 5.87. The number of benzene rings is 1. The van der Waals surface area contributed by atoms with E-state index in [1.54, 1.807) is 16.9 Å². The number of aromatic nitrogens is 4. The maximum atomic E-state index is 9.10. The van der Waals surface area contributed by atoms with Crippen LogP contribution in [-0.2, 0) is 0 Å². The van der Waals surface area contributed by atoms with Crippen LogP contribution in [0.25, 0.3) is 22.6 Å². The van der Waals surface area contributed by atoms with Gasteiger partial charge in [0.1, 0.15) is 11.6 Å². The molecule has 0 aliphatic carbocycles. The molecule has 4 aromatic rings. The van der Waals surface area contributed by atoms with Gasteiger partial charge in [-0.15, -0.1) is 0 Å². The Morgan fingerprint density at radius 3 is 2.79 bits per heavy atom. The summed E-state index contributed by atoms with van der Waals surface area (Å²) in [6.45, 7) is 0. The van der Waals surface area contributed by atoms with Gasteiger partial charge >= 0.3 is 0 Å². The zero-order valence-corrected chi connectivity index (χ0v) is 12.6. The van der Waals surface area contributed by atoms with E-state index in [0.717, 1.165) is 22.3 Å². The van der Waals surface area contributed by atoms with Crippen molar-refractivity contribution in [3.05, 3.63) is 72.4 Å². The van der Waals surface area contributed by atoms with Crippen LogP contribution in [0.1, 0.15) is 11.3 Å². The monoisotopic (exact) mass is 312 g/mol. The lowest BCUT2D eigenvalue weighted by Gasteiger charge is -2.04. The van der Waals surface area contributed by atoms with Gasteiger partial charge < -0.3 is 5.32 Å². The Hall–Kier alpha value is -3.72. The quantitative estimate of drug-likeness (QED) is 0.628. The normalized spacial score (nSPS) is 11.1. The first-order chi connectivity index (χ1) is 11.9. The van der Waals surface area contributed by atoms with Gasteiger partial charge in [-0.05, 0) is 24.3 Å². The molecule has 3 heterocycles. The molecule has 24 heavy (non-hydrogen) atoms. The van der Waals surface area contributed by atoms with Crippen LogP contribution in [0.5, 0.6) is 0 Å². The minimum atomic E-state index is 0.455. The van der Waals surface area contributed by atoms with E-state index >= 15 is 0 Å². The summed E-state index contributed by atoms with van der Waals surface area (Å²) in [5, 5.41) is 17.4. The van der Waals surface area contributed by atoms with Crippen LogP contribution in [0.2, 0.25) is 0 Å². The summed E-state index contributed by atoms with van der Waals surface area (Å²) in [6, 6.07) is 13.8. The van der Waals surface area contributed by atoms with E-state index in [1.807, 2.05) is 48.7 Å². The van der Waals surface area contributed by atoms with Crippen molar-refractivity contribution in [1.29, 1.82) is 5.26 Å². The predicted octanol–water partition coefficient (Wildman–Crippen LogP) is 3.23. The Labute approximate surface area is 137 Å². The molecule has 3 aromatic heterocycles. The Morgan fingerprint density at radius 2 is 1.96 bits per heavy atom. The summed E-state index contributed by atoms with van der Waals surface area (Å²) >= 11 is 0. The van der Waals surface area contributed by atoms with Crippen molar-refractivity contribution in [2.75, 3.05) is 5.32 Å². The summed E-state index contributed by atoms with van der Waals surface area (Å²) in [7, 11) is 0. The van der Waals surface area contributed by atoms with Gasteiger partial charge in [-0.25, -0.2) is 9.50 Å². The summed E-state index contributed by atoms with van der Waals surface area (Å²) < 4.78 is 1.66. The minimum absolute atomic E-state index is 0.455. The number of hydrogen-bond donors (Lipinski definition) is 1. The molecule has 0 saturated carbocycles. The lowest BCUT2D eigenvalue weighted by atomic mass is 10.2. The van der Waals surface area contributed by atoms with Gasteiger partial charge in [0.25, 0.3) is 0 Å². The highest BCUT2D eigenvalue weighted by atomic mass is 15.2. The summed E-state index contributed by atoms with van der Waals surface area (Å²) in [5.74, 6) is 0. The third-order valence-electron chi connectivity index (χ3n) is 3.67. The standard InChI is InChI=1S/C18H12N6/c19-10-13-11-23-24-17-7-9-21-16(15(17)12-22-18(13)24)6-8-20-14-4-2-1-3-5-14/h1-9,11-12,20H/b8-6+. The molecular formula is C18H12N6. The van der Waals surface area contributed by atoms with Crippen LogP contribution in [0.4, 0.5) is 5.69 Å². The van der Waals surface area contributed by atoms with Gasteiger partial charge in [-0.2, -0.15) is 10.4 Å². The molecule has 0 aliphatic heterocycles. The fourth-order valence-corrected chi connectivity index (χ4v) is 2.53. The van der Waals surface area contributed by atoms with E-state index in [9.17, 15) is 0 Å². The maximum absolute atomic E-state index is 9.10. The summed E-state index contributed by atoms with van der Waals surface area (Å²) in [5.41, 5.74) is 3.64. The molecule has 0 atom stereocenters. The second-order valence-electron chi connectivity index (χ2n) is 5.14. The zero-order valence-electron chi connectivity index (χ0n) is 12.6. The highest BCUT2D eigenvalue weighted by Crippen LogP contribution is 2.19. The molecule has 1 N–H and O–H groups in total. The predicted molar refractivity (Wildman–Crippen MR) is 92.1 cm³/mol. The molecule has 0 amide bonds. The second-order valence-corrected chi connectivity index (χ2v) is 5.14. The van der Waals surface area contributed by atoms with Gasteiger partial charge in [0.05, 0.1) is 17.4 Å². The number of pyridine rings is 1. The minimum Gasteiger partial charge on any atom is -0.362 e. The number of fused-ring (bicyclic) bond motifs is 3. The van der Waals surface area contributed by atoms with Crippen molar-refractivity contribution in [1.82, 2.24) is 19.6 Å². The van der Waals surface area contributed by atoms with E-state index < -0.39 is 0 Å². The molecule has 4 rings (SSSR count). The molecule has 114 valence electrons. The number of anilines is 1. The lowest BCUT2D eigenvalue weighted by molar-refractivity contribution is 0.981. The molecule has 1 aromatic carbocycles. The molecule has 0 fully saturated rings. The third kappa shape index (κ3) is 2.34. The Balaban J connectivity index is 1.75. The first-order valence-electron chi connectivity index (χ1n) is 7.36. The number of nitrogens with zero attached hydrogens (tertiary/aromatic N) is 5. The van der Waals surface area contributed by atoms with Crippen LogP contribution in [-0.4, -0.2) is 19.6 Å². The number of nitrogens with one attached hydrogen (secondary N) is 1. The van der Waals surface area contributed by atoms with E-state index in [0.29, 0.717) is 11.2 Å². The molecule has 6 nitrogen and oxygen atoms in total. The smallest absolute Gasteiger partial charge is 0.173 e. The average molecular weight is 312 g/mol. The van der Waals surface area contributed by atoms with E-state index in [2.05, 4.69) is 26.5 Å². The zero-order chi connectivity index (χ0) is 16.4. The van der Waals surface area contributed by atoms with Gasteiger partial charge in [0.15, 0.2) is 5.65 Å². The maximum Gasteiger partial charge on any atom is 0.173 e. The number of nitriles is 1. The first-order valence-corrected chi connectivity index (χ1v) is 7.36. The van der Waals surface area contributed by atoms with Crippen molar-refractivity contribution in [2.45, 2.75) is 0 Å². The molecule has 0 saturated heterocycles. The molecule has 0 aliphatic rings. The second kappa shape index (κ2) is 5.82. The van der Waals surface area contributed by atoms with E-state index in [-0.39, 0.29) is 0 Å². The van der Waals surface area contributed by atoms with Crippen molar-refractivity contribution in [3.63, 3.8) is 0 Å². The number of para-hydroxylation sites is 1.